The number of halogens is 1. The van der Waals surface area contributed by atoms with E-state index in [1.807, 2.05) is 14.0 Å². The molecule has 0 heterocycles. The Morgan fingerprint density at radius 1 is 1.67 bits per heavy atom. The SMILES string of the molecule is CN[C@](C)(N)CCNI. The summed E-state index contributed by atoms with van der Waals surface area (Å²) in [7, 11) is 1.87. The Labute approximate surface area is 70.3 Å². The second-order valence-corrected chi connectivity index (χ2v) is 3.06. The van der Waals surface area contributed by atoms with Gasteiger partial charge in [-0.3, -0.25) is 3.53 Å². The molecule has 0 aliphatic carbocycles. The number of nitrogens with two attached hydrogens (primary N) is 1. The van der Waals surface area contributed by atoms with Gasteiger partial charge in [0.25, 0.3) is 0 Å². The van der Waals surface area contributed by atoms with E-state index in [-0.39, 0.29) is 5.66 Å². The molecular formula is C5H14IN3. The summed E-state index contributed by atoms with van der Waals surface area (Å²) in [6.45, 7) is 2.91. The van der Waals surface area contributed by atoms with Crippen LogP contribution in [0.2, 0.25) is 0 Å². The highest BCUT2D eigenvalue weighted by molar-refractivity contribution is 14.1. The van der Waals surface area contributed by atoms with Gasteiger partial charge < -0.3 is 11.1 Å². The van der Waals surface area contributed by atoms with Crippen LogP contribution in [0.3, 0.4) is 0 Å². The van der Waals surface area contributed by atoms with Crippen molar-refractivity contribution in [3.05, 3.63) is 0 Å². The van der Waals surface area contributed by atoms with Crippen molar-refractivity contribution in [1.29, 1.82) is 0 Å². The van der Waals surface area contributed by atoms with Crippen LogP contribution in [-0.4, -0.2) is 19.3 Å². The Morgan fingerprint density at radius 3 is 2.56 bits per heavy atom. The molecule has 0 fully saturated rings. The first-order chi connectivity index (χ1) is 4.12. The molecule has 0 aromatic rings. The number of nitrogens with one attached hydrogen (secondary N) is 2. The van der Waals surface area contributed by atoms with Gasteiger partial charge in [0, 0.05) is 29.4 Å². The van der Waals surface area contributed by atoms with Gasteiger partial charge in [-0.1, -0.05) is 0 Å². The van der Waals surface area contributed by atoms with Gasteiger partial charge in [0.1, 0.15) is 0 Å². The van der Waals surface area contributed by atoms with Crippen molar-refractivity contribution in [1.82, 2.24) is 8.85 Å². The van der Waals surface area contributed by atoms with Crippen LogP contribution in [0.4, 0.5) is 0 Å². The highest BCUT2D eigenvalue weighted by Crippen LogP contribution is 1.97. The first-order valence-corrected chi connectivity index (χ1v) is 4.01. The standard InChI is InChI=1S/C5H14IN3/c1-5(7,8-2)3-4-9-6/h8-9H,3-4,7H2,1-2H3/t5-/m0/s1. The summed E-state index contributed by atoms with van der Waals surface area (Å²) in [5.74, 6) is 0. The van der Waals surface area contributed by atoms with Gasteiger partial charge >= 0.3 is 0 Å². The van der Waals surface area contributed by atoms with E-state index in [0.29, 0.717) is 0 Å². The highest BCUT2D eigenvalue weighted by Gasteiger charge is 2.12. The van der Waals surface area contributed by atoms with E-state index in [1.54, 1.807) is 0 Å². The van der Waals surface area contributed by atoms with E-state index >= 15 is 0 Å². The third kappa shape index (κ3) is 5.07. The Kier molecular flexibility index (Phi) is 4.73. The first-order valence-electron chi connectivity index (χ1n) is 2.93. The van der Waals surface area contributed by atoms with Gasteiger partial charge in [0.05, 0.1) is 5.66 Å². The molecule has 0 saturated heterocycles. The molecular weight excluding hydrogens is 229 g/mol. The molecule has 4 heteroatoms. The largest absolute Gasteiger partial charge is 0.314 e. The van der Waals surface area contributed by atoms with Gasteiger partial charge in [0.15, 0.2) is 0 Å². The van der Waals surface area contributed by atoms with E-state index in [9.17, 15) is 0 Å². The van der Waals surface area contributed by atoms with Crippen molar-refractivity contribution in [3.8, 4) is 0 Å². The van der Waals surface area contributed by atoms with E-state index in [0.717, 1.165) is 13.0 Å². The molecule has 0 aromatic heterocycles. The van der Waals surface area contributed by atoms with Crippen LogP contribution >= 0.6 is 22.9 Å². The van der Waals surface area contributed by atoms with Crippen LogP contribution in [0.15, 0.2) is 0 Å². The summed E-state index contributed by atoms with van der Waals surface area (Å²) < 4.78 is 3.01. The average molecular weight is 243 g/mol. The maximum atomic E-state index is 5.75. The second-order valence-electron chi connectivity index (χ2n) is 2.30. The Balaban J connectivity index is 3.33. The molecule has 0 aliphatic heterocycles. The topological polar surface area (TPSA) is 50.1 Å². The molecule has 0 unspecified atom stereocenters. The summed E-state index contributed by atoms with van der Waals surface area (Å²) in [6, 6.07) is 0. The number of hydrogen-bond donors (Lipinski definition) is 3. The minimum Gasteiger partial charge on any atom is -0.314 e. The third-order valence-electron chi connectivity index (χ3n) is 1.31. The highest BCUT2D eigenvalue weighted by atomic mass is 127. The Morgan fingerprint density at radius 2 is 2.22 bits per heavy atom. The van der Waals surface area contributed by atoms with Crippen molar-refractivity contribution < 1.29 is 0 Å². The van der Waals surface area contributed by atoms with Crippen LogP contribution < -0.4 is 14.6 Å². The second kappa shape index (κ2) is 4.43. The zero-order valence-corrected chi connectivity index (χ0v) is 8.03. The van der Waals surface area contributed by atoms with Gasteiger partial charge in [-0.15, -0.1) is 0 Å². The Bertz CT molecular complexity index is 74.6. The molecule has 3 nitrogen and oxygen atoms in total. The summed E-state index contributed by atoms with van der Waals surface area (Å²) in [5, 5.41) is 3.01. The van der Waals surface area contributed by atoms with Gasteiger partial charge in [-0.05, 0) is 20.4 Å². The predicted octanol–water partition coefficient (Wildman–Crippen LogP) is 0.210. The molecule has 56 valence electrons. The lowest BCUT2D eigenvalue weighted by molar-refractivity contribution is 0.374. The molecule has 0 aliphatic rings. The van der Waals surface area contributed by atoms with Gasteiger partial charge in [-0.25, -0.2) is 0 Å². The lowest BCUT2D eigenvalue weighted by atomic mass is 10.1. The Hall–Kier alpha value is 0.610. The lowest BCUT2D eigenvalue weighted by Gasteiger charge is -2.22. The van der Waals surface area contributed by atoms with Crippen molar-refractivity contribution in [2.24, 2.45) is 5.73 Å². The van der Waals surface area contributed by atoms with Crippen LogP contribution in [0, 0.1) is 0 Å². The average Bonchev–Trinajstić information content (AvgIpc) is 1.84. The van der Waals surface area contributed by atoms with E-state index in [4.69, 9.17) is 5.73 Å². The van der Waals surface area contributed by atoms with Crippen LogP contribution in [-0.2, 0) is 0 Å². The molecule has 0 radical (unpaired) electrons. The molecule has 9 heavy (non-hydrogen) atoms. The molecule has 0 spiro atoms. The predicted molar refractivity (Wildman–Crippen MR) is 48.3 cm³/mol. The van der Waals surface area contributed by atoms with Crippen molar-refractivity contribution >= 4 is 22.9 Å². The van der Waals surface area contributed by atoms with E-state index < -0.39 is 0 Å². The third-order valence-corrected chi connectivity index (χ3v) is 1.85. The zero-order chi connectivity index (χ0) is 7.33. The van der Waals surface area contributed by atoms with Gasteiger partial charge in [0.2, 0.25) is 0 Å². The molecule has 4 N–H and O–H groups in total. The number of rotatable bonds is 4. The van der Waals surface area contributed by atoms with Gasteiger partial charge in [-0.2, -0.15) is 0 Å². The van der Waals surface area contributed by atoms with Crippen molar-refractivity contribution in [2.75, 3.05) is 13.6 Å². The fourth-order valence-corrected chi connectivity index (χ4v) is 0.702. The molecule has 0 saturated carbocycles. The monoisotopic (exact) mass is 243 g/mol. The fraction of sp³-hybridized carbons (Fsp3) is 1.00. The molecule has 1 atom stereocenters. The van der Waals surface area contributed by atoms with Crippen LogP contribution in [0.25, 0.3) is 0 Å². The summed E-state index contributed by atoms with van der Waals surface area (Å²) in [4.78, 5) is 0. The molecule has 0 rings (SSSR count). The molecule has 0 bridgehead atoms. The molecule has 0 aromatic carbocycles. The normalized spacial score (nSPS) is 17.3. The maximum Gasteiger partial charge on any atom is 0.0642 e. The van der Waals surface area contributed by atoms with E-state index in [1.165, 1.54) is 0 Å². The van der Waals surface area contributed by atoms with Crippen LogP contribution in [0.1, 0.15) is 13.3 Å². The van der Waals surface area contributed by atoms with Crippen molar-refractivity contribution in [2.45, 2.75) is 19.0 Å². The number of hydrogen-bond acceptors (Lipinski definition) is 3. The lowest BCUT2D eigenvalue weighted by Crippen LogP contribution is -2.49. The van der Waals surface area contributed by atoms with Crippen molar-refractivity contribution in [3.63, 3.8) is 0 Å². The fourth-order valence-electron chi connectivity index (χ4n) is 0.432. The van der Waals surface area contributed by atoms with Crippen LogP contribution in [0.5, 0.6) is 0 Å². The maximum absolute atomic E-state index is 5.75. The molecule has 0 amide bonds. The van der Waals surface area contributed by atoms with E-state index in [2.05, 4.69) is 31.7 Å². The minimum atomic E-state index is -0.224. The summed E-state index contributed by atoms with van der Waals surface area (Å²) in [5.41, 5.74) is 5.52. The summed E-state index contributed by atoms with van der Waals surface area (Å²) in [6.07, 6.45) is 0.937. The minimum absolute atomic E-state index is 0.224. The zero-order valence-electron chi connectivity index (χ0n) is 5.87. The smallest absolute Gasteiger partial charge is 0.0642 e. The first kappa shape index (κ1) is 9.61. The quantitative estimate of drug-likeness (QED) is 0.376. The summed E-state index contributed by atoms with van der Waals surface area (Å²) >= 11 is 2.11.